The van der Waals surface area contributed by atoms with E-state index in [0.717, 1.165) is 44.8 Å². The van der Waals surface area contributed by atoms with Gasteiger partial charge < -0.3 is 9.13 Å². The largest absolute Gasteiger partial charge is 0.327 e. The van der Waals surface area contributed by atoms with E-state index in [0.29, 0.717) is 0 Å². The maximum absolute atomic E-state index is 4.97. The van der Waals surface area contributed by atoms with Crippen molar-refractivity contribution in [2.45, 2.75) is 0 Å². The SMILES string of the molecule is Cn1c(-c2cccc3cccc(-c4nc5ccccc5n4C)c23)nc2ccccc21. The van der Waals surface area contributed by atoms with Crippen LogP contribution in [0.5, 0.6) is 0 Å². The molecule has 0 unspecified atom stereocenters. The zero-order valence-electron chi connectivity index (χ0n) is 16.9. The topological polar surface area (TPSA) is 35.6 Å². The van der Waals surface area contributed by atoms with Crippen molar-refractivity contribution in [1.29, 1.82) is 0 Å². The van der Waals surface area contributed by atoms with Crippen molar-refractivity contribution in [2.75, 3.05) is 0 Å². The van der Waals surface area contributed by atoms with Crippen LogP contribution in [0, 0.1) is 0 Å². The number of benzene rings is 4. The van der Waals surface area contributed by atoms with Crippen molar-refractivity contribution in [3.63, 3.8) is 0 Å². The predicted molar refractivity (Wildman–Crippen MR) is 123 cm³/mol. The highest BCUT2D eigenvalue weighted by atomic mass is 15.1. The minimum Gasteiger partial charge on any atom is -0.327 e. The van der Waals surface area contributed by atoms with E-state index in [1.54, 1.807) is 0 Å². The van der Waals surface area contributed by atoms with Gasteiger partial charge in [-0.1, -0.05) is 60.7 Å². The van der Waals surface area contributed by atoms with E-state index in [1.165, 1.54) is 10.8 Å². The van der Waals surface area contributed by atoms with Gasteiger partial charge in [0.1, 0.15) is 11.6 Å². The molecule has 2 heterocycles. The molecule has 0 aliphatic carbocycles. The minimum absolute atomic E-state index is 0.966. The molecule has 0 aliphatic rings. The smallest absolute Gasteiger partial charge is 0.141 e. The highest BCUT2D eigenvalue weighted by Crippen LogP contribution is 2.37. The average Bonchev–Trinajstić information content (AvgIpc) is 3.30. The Balaban J connectivity index is 1.71. The zero-order chi connectivity index (χ0) is 20.2. The van der Waals surface area contributed by atoms with E-state index < -0.39 is 0 Å². The molecule has 0 amide bonds. The first-order valence-electron chi connectivity index (χ1n) is 10.1. The number of rotatable bonds is 2. The van der Waals surface area contributed by atoms with Crippen molar-refractivity contribution < 1.29 is 0 Å². The molecule has 0 fully saturated rings. The fourth-order valence-electron chi connectivity index (χ4n) is 4.49. The van der Waals surface area contributed by atoms with Crippen LogP contribution >= 0.6 is 0 Å². The molecule has 6 rings (SSSR count). The molecule has 0 atom stereocenters. The Labute approximate surface area is 174 Å². The molecule has 2 aromatic heterocycles. The van der Waals surface area contributed by atoms with Crippen LogP contribution in [0.4, 0.5) is 0 Å². The second-order valence-corrected chi connectivity index (χ2v) is 7.68. The lowest BCUT2D eigenvalue weighted by Crippen LogP contribution is -1.97. The van der Waals surface area contributed by atoms with Crippen LogP contribution in [0.1, 0.15) is 0 Å². The Morgan fingerprint density at radius 3 is 1.47 bits per heavy atom. The van der Waals surface area contributed by atoms with Crippen LogP contribution in [-0.2, 0) is 14.1 Å². The molecule has 0 aliphatic heterocycles. The van der Waals surface area contributed by atoms with Crippen molar-refractivity contribution >= 4 is 32.8 Å². The van der Waals surface area contributed by atoms with Crippen LogP contribution < -0.4 is 0 Å². The number of hydrogen-bond acceptors (Lipinski definition) is 2. The van der Waals surface area contributed by atoms with Gasteiger partial charge in [-0.25, -0.2) is 9.97 Å². The Hall–Kier alpha value is -3.92. The van der Waals surface area contributed by atoms with Gasteiger partial charge in [-0.15, -0.1) is 0 Å². The number of para-hydroxylation sites is 4. The number of nitrogens with zero attached hydrogens (tertiary/aromatic N) is 4. The lowest BCUT2D eigenvalue weighted by Gasteiger charge is -2.12. The van der Waals surface area contributed by atoms with E-state index in [9.17, 15) is 0 Å². The van der Waals surface area contributed by atoms with E-state index in [1.807, 2.05) is 12.1 Å². The number of aromatic nitrogens is 4. The second-order valence-electron chi connectivity index (χ2n) is 7.68. The first-order valence-corrected chi connectivity index (χ1v) is 10.1. The van der Waals surface area contributed by atoms with Crippen molar-refractivity contribution in [3.05, 3.63) is 84.9 Å². The van der Waals surface area contributed by atoms with Gasteiger partial charge in [0, 0.05) is 30.6 Å². The molecule has 0 saturated carbocycles. The Morgan fingerprint density at radius 1 is 0.533 bits per heavy atom. The number of fused-ring (bicyclic) bond motifs is 3. The normalized spacial score (nSPS) is 11.7. The molecule has 0 saturated heterocycles. The minimum atomic E-state index is 0.966. The van der Waals surface area contributed by atoms with Crippen molar-refractivity contribution in [3.8, 4) is 22.8 Å². The predicted octanol–water partition coefficient (Wildman–Crippen LogP) is 5.95. The Morgan fingerprint density at radius 2 is 1.00 bits per heavy atom. The maximum atomic E-state index is 4.97. The molecule has 4 heteroatoms. The third-order valence-corrected chi connectivity index (χ3v) is 5.96. The second kappa shape index (κ2) is 6.29. The summed E-state index contributed by atoms with van der Waals surface area (Å²) in [7, 11) is 4.17. The Bertz CT molecular complexity index is 1450. The van der Waals surface area contributed by atoms with Gasteiger partial charge in [0.15, 0.2) is 0 Å². The first-order chi connectivity index (χ1) is 14.7. The summed E-state index contributed by atoms with van der Waals surface area (Å²) in [5.41, 5.74) is 6.51. The van der Waals surface area contributed by atoms with E-state index in [-0.39, 0.29) is 0 Å². The molecule has 0 N–H and O–H groups in total. The maximum Gasteiger partial charge on any atom is 0.141 e. The van der Waals surface area contributed by atoms with E-state index >= 15 is 0 Å². The van der Waals surface area contributed by atoms with Crippen LogP contribution in [0.3, 0.4) is 0 Å². The van der Waals surface area contributed by atoms with E-state index in [2.05, 4.69) is 96.0 Å². The highest BCUT2D eigenvalue weighted by molar-refractivity contribution is 6.06. The molecular formula is C26H20N4. The van der Waals surface area contributed by atoms with Crippen LogP contribution in [0.15, 0.2) is 84.9 Å². The van der Waals surface area contributed by atoms with Crippen LogP contribution in [0.25, 0.3) is 55.6 Å². The number of imidazole rings is 2. The third kappa shape index (κ3) is 2.34. The van der Waals surface area contributed by atoms with Gasteiger partial charge in [0.25, 0.3) is 0 Å². The summed E-state index contributed by atoms with van der Waals surface area (Å²) in [5, 5.41) is 2.36. The van der Waals surface area contributed by atoms with Crippen LogP contribution in [0.2, 0.25) is 0 Å². The first kappa shape index (κ1) is 17.0. The molecule has 4 aromatic carbocycles. The quantitative estimate of drug-likeness (QED) is 0.368. The summed E-state index contributed by atoms with van der Waals surface area (Å²) in [4.78, 5) is 9.94. The van der Waals surface area contributed by atoms with Gasteiger partial charge in [-0.3, -0.25) is 0 Å². The molecular weight excluding hydrogens is 368 g/mol. The number of hydrogen-bond donors (Lipinski definition) is 0. The average molecular weight is 388 g/mol. The molecule has 0 radical (unpaired) electrons. The zero-order valence-corrected chi connectivity index (χ0v) is 16.9. The Kier molecular flexibility index (Phi) is 3.56. The summed E-state index contributed by atoms with van der Waals surface area (Å²) in [6, 6.07) is 29.4. The summed E-state index contributed by atoms with van der Waals surface area (Å²) in [6.45, 7) is 0. The fourth-order valence-corrected chi connectivity index (χ4v) is 4.49. The monoisotopic (exact) mass is 388 g/mol. The summed E-state index contributed by atoms with van der Waals surface area (Å²) in [5.74, 6) is 1.93. The lowest BCUT2D eigenvalue weighted by atomic mass is 9.98. The van der Waals surface area contributed by atoms with Gasteiger partial charge in [-0.2, -0.15) is 0 Å². The standard InChI is InChI=1S/C26H20N4/c1-29-22-15-5-3-13-20(22)27-25(29)18-11-7-9-17-10-8-12-19(24(17)18)26-28-21-14-4-6-16-23(21)30(26)2/h3-16H,1-2H3. The molecule has 30 heavy (non-hydrogen) atoms. The lowest BCUT2D eigenvalue weighted by molar-refractivity contribution is 0.957. The van der Waals surface area contributed by atoms with Gasteiger partial charge >= 0.3 is 0 Å². The molecule has 144 valence electrons. The molecule has 4 nitrogen and oxygen atoms in total. The third-order valence-electron chi connectivity index (χ3n) is 5.96. The van der Waals surface area contributed by atoms with Gasteiger partial charge in [0.05, 0.1) is 22.1 Å². The van der Waals surface area contributed by atoms with E-state index in [4.69, 9.17) is 9.97 Å². The number of aryl methyl sites for hydroxylation is 2. The van der Waals surface area contributed by atoms with Crippen molar-refractivity contribution in [2.24, 2.45) is 14.1 Å². The van der Waals surface area contributed by atoms with Gasteiger partial charge in [0.2, 0.25) is 0 Å². The van der Waals surface area contributed by atoms with Crippen molar-refractivity contribution in [1.82, 2.24) is 19.1 Å². The highest BCUT2D eigenvalue weighted by Gasteiger charge is 2.18. The van der Waals surface area contributed by atoms with Crippen LogP contribution in [-0.4, -0.2) is 19.1 Å². The van der Waals surface area contributed by atoms with Gasteiger partial charge in [-0.05, 0) is 29.7 Å². The summed E-state index contributed by atoms with van der Waals surface area (Å²) < 4.78 is 4.35. The molecule has 0 spiro atoms. The summed E-state index contributed by atoms with van der Waals surface area (Å²) in [6.07, 6.45) is 0. The fraction of sp³-hybridized carbons (Fsp3) is 0.0769. The molecule has 6 aromatic rings. The molecule has 0 bridgehead atoms. The summed E-state index contributed by atoms with van der Waals surface area (Å²) >= 11 is 0.